The topological polar surface area (TPSA) is 131 Å². The van der Waals surface area contributed by atoms with E-state index in [4.69, 9.17) is 5.41 Å². The van der Waals surface area contributed by atoms with Crippen LogP contribution in [0.5, 0.6) is 0 Å². The van der Waals surface area contributed by atoms with E-state index in [-0.39, 0.29) is 23.3 Å². The third-order valence-electron chi connectivity index (χ3n) is 7.21. The molecule has 11 heteroatoms. The van der Waals surface area contributed by atoms with Gasteiger partial charge in [-0.15, -0.1) is 0 Å². The zero-order valence-corrected chi connectivity index (χ0v) is 23.1. The van der Waals surface area contributed by atoms with Crippen LogP contribution >= 0.6 is 0 Å². The van der Waals surface area contributed by atoms with Gasteiger partial charge in [-0.25, -0.2) is 4.98 Å². The van der Waals surface area contributed by atoms with Gasteiger partial charge in [-0.2, -0.15) is 5.10 Å². The minimum Gasteiger partial charge on any atom is -0.390 e. The van der Waals surface area contributed by atoms with E-state index in [9.17, 15) is 9.59 Å². The average molecular weight is 536 g/mol. The maximum Gasteiger partial charge on any atom is 0.274 e. The molecule has 0 unspecified atom stereocenters. The van der Waals surface area contributed by atoms with Crippen LogP contribution in [0, 0.1) is 5.41 Å². The lowest BCUT2D eigenvalue weighted by Gasteiger charge is -2.32. The number of nitrogens with one attached hydrogen (secondary N) is 4. The largest absolute Gasteiger partial charge is 0.390 e. The first-order valence-corrected chi connectivity index (χ1v) is 13.9. The highest BCUT2D eigenvalue weighted by Crippen LogP contribution is 2.26. The Bertz CT molecular complexity index is 1170. The van der Waals surface area contributed by atoms with Gasteiger partial charge in [0.05, 0.1) is 17.4 Å². The number of anilines is 1. The Morgan fingerprint density at radius 1 is 1.05 bits per heavy atom. The molecule has 39 heavy (non-hydrogen) atoms. The summed E-state index contributed by atoms with van der Waals surface area (Å²) in [6.45, 7) is 5.32. The normalized spacial score (nSPS) is 20.0. The SMILES string of the molecule is CN(C)CCN1CCC(n2cc3c(n2)C(=O)NCCCCCCN/C=C(\C=N)c2cccc(n2)C(=O)N3)CC1. The lowest BCUT2D eigenvalue weighted by molar-refractivity contribution is 0.0946. The first-order valence-electron chi connectivity index (χ1n) is 13.9. The number of carbonyl (C=O) groups is 2. The fourth-order valence-corrected chi connectivity index (χ4v) is 4.86. The molecule has 2 aliphatic heterocycles. The predicted octanol–water partition coefficient (Wildman–Crippen LogP) is 2.61. The molecule has 1 saturated heterocycles. The van der Waals surface area contributed by atoms with Crippen LogP contribution in [0.25, 0.3) is 5.57 Å². The molecule has 2 aromatic heterocycles. The molecule has 11 nitrogen and oxygen atoms in total. The van der Waals surface area contributed by atoms with E-state index in [1.807, 2.05) is 4.68 Å². The predicted molar refractivity (Wildman–Crippen MR) is 153 cm³/mol. The number of amides is 2. The summed E-state index contributed by atoms with van der Waals surface area (Å²) < 4.78 is 1.85. The monoisotopic (exact) mass is 535 g/mol. The Balaban J connectivity index is 1.56. The second kappa shape index (κ2) is 14.0. The summed E-state index contributed by atoms with van der Waals surface area (Å²) in [5.74, 6) is -0.714. The molecule has 2 aliphatic rings. The highest BCUT2D eigenvalue weighted by Gasteiger charge is 2.26. The van der Waals surface area contributed by atoms with Gasteiger partial charge in [-0.1, -0.05) is 18.9 Å². The zero-order chi connectivity index (χ0) is 27.6. The maximum absolute atomic E-state index is 13.2. The average Bonchev–Trinajstić information content (AvgIpc) is 3.36. The molecule has 0 spiro atoms. The molecule has 210 valence electrons. The number of piperidine rings is 1. The molecule has 0 saturated carbocycles. The number of hydrogen-bond acceptors (Lipinski definition) is 8. The molecule has 2 bridgehead atoms. The van der Waals surface area contributed by atoms with Crippen molar-refractivity contribution in [3.8, 4) is 0 Å². The molecular formula is C28H41N9O2. The molecule has 1 fully saturated rings. The van der Waals surface area contributed by atoms with E-state index in [0.717, 1.165) is 71.2 Å². The number of likely N-dealkylation sites (N-methyl/N-ethyl adjacent to an activating group) is 1. The lowest BCUT2D eigenvalue weighted by atomic mass is 10.1. The molecule has 4 heterocycles. The van der Waals surface area contributed by atoms with Crippen molar-refractivity contribution in [2.24, 2.45) is 0 Å². The molecular weight excluding hydrogens is 494 g/mol. The van der Waals surface area contributed by atoms with Gasteiger partial charge in [-0.3, -0.25) is 14.3 Å². The lowest BCUT2D eigenvalue weighted by Crippen LogP contribution is -2.38. The summed E-state index contributed by atoms with van der Waals surface area (Å²) in [4.78, 5) is 35.5. The van der Waals surface area contributed by atoms with Gasteiger partial charge in [0.2, 0.25) is 0 Å². The van der Waals surface area contributed by atoms with Gasteiger partial charge in [0.1, 0.15) is 5.69 Å². The van der Waals surface area contributed by atoms with E-state index < -0.39 is 5.91 Å². The van der Waals surface area contributed by atoms with E-state index in [2.05, 4.69) is 49.9 Å². The van der Waals surface area contributed by atoms with Gasteiger partial charge >= 0.3 is 0 Å². The number of aromatic nitrogens is 3. The zero-order valence-electron chi connectivity index (χ0n) is 23.1. The molecule has 2 aromatic rings. The van der Waals surface area contributed by atoms with Crippen LogP contribution in [-0.4, -0.2) is 96.0 Å². The Kier molecular flexibility index (Phi) is 10.2. The third-order valence-corrected chi connectivity index (χ3v) is 7.21. The van der Waals surface area contributed by atoms with Crippen LogP contribution in [0.4, 0.5) is 5.69 Å². The first kappa shape index (κ1) is 28.4. The molecule has 0 radical (unpaired) electrons. The van der Waals surface area contributed by atoms with Crippen LogP contribution in [0.3, 0.4) is 0 Å². The Hall–Kier alpha value is -3.57. The maximum atomic E-state index is 13.2. The third kappa shape index (κ3) is 7.96. The molecule has 0 aliphatic carbocycles. The van der Waals surface area contributed by atoms with Crippen molar-refractivity contribution < 1.29 is 9.59 Å². The van der Waals surface area contributed by atoms with Gasteiger partial charge in [0.15, 0.2) is 5.69 Å². The van der Waals surface area contributed by atoms with Crippen molar-refractivity contribution >= 4 is 29.3 Å². The summed E-state index contributed by atoms with van der Waals surface area (Å²) in [6, 6.07) is 5.30. The molecule has 2 amide bonds. The van der Waals surface area contributed by atoms with Gasteiger partial charge in [0, 0.05) is 63.5 Å². The van der Waals surface area contributed by atoms with Crippen molar-refractivity contribution in [3.05, 3.63) is 47.7 Å². The number of allylic oxidation sites excluding steroid dienone is 1. The van der Waals surface area contributed by atoms with E-state index in [1.165, 1.54) is 6.21 Å². The number of fused-ring (bicyclic) bond motifs is 3. The number of rotatable bonds is 5. The van der Waals surface area contributed by atoms with E-state index in [0.29, 0.717) is 23.5 Å². The van der Waals surface area contributed by atoms with Crippen molar-refractivity contribution in [1.29, 1.82) is 5.41 Å². The van der Waals surface area contributed by atoms with E-state index in [1.54, 1.807) is 30.6 Å². The highest BCUT2D eigenvalue weighted by molar-refractivity contribution is 6.09. The van der Waals surface area contributed by atoms with Gasteiger partial charge < -0.3 is 31.2 Å². The Labute approximate surface area is 230 Å². The summed E-state index contributed by atoms with van der Waals surface area (Å²) in [6.07, 6.45) is 10.5. The Morgan fingerprint density at radius 2 is 1.79 bits per heavy atom. The summed E-state index contributed by atoms with van der Waals surface area (Å²) in [7, 11) is 4.17. The smallest absolute Gasteiger partial charge is 0.274 e. The van der Waals surface area contributed by atoms with Crippen LogP contribution in [-0.2, 0) is 0 Å². The minimum atomic E-state index is -0.428. The fourth-order valence-electron chi connectivity index (χ4n) is 4.86. The number of carbonyl (C=O) groups excluding carboxylic acids is 2. The Morgan fingerprint density at radius 3 is 2.54 bits per heavy atom. The highest BCUT2D eigenvalue weighted by atomic mass is 16.2. The van der Waals surface area contributed by atoms with Crippen LogP contribution < -0.4 is 16.0 Å². The quantitative estimate of drug-likeness (QED) is 0.433. The number of likely N-dealkylation sites (tertiary alicyclic amines) is 1. The van der Waals surface area contributed by atoms with E-state index >= 15 is 0 Å². The first-order chi connectivity index (χ1) is 18.9. The van der Waals surface area contributed by atoms with Crippen LogP contribution in [0.2, 0.25) is 0 Å². The van der Waals surface area contributed by atoms with Crippen molar-refractivity contribution in [2.75, 3.05) is 58.7 Å². The number of hydrogen-bond donors (Lipinski definition) is 4. The standard InChI is InChI=1S/C28H41N9O2/c1-35(2)16-17-36-14-10-22(11-15-36)37-20-25-26(34-37)28(39)31-13-6-4-3-5-12-30-19-21(18-29)23-8-7-9-24(32-23)27(38)33-25/h7-9,18-20,22,29-30H,3-6,10-17H2,1-2H3,(H,31,39)(H,33,38)/b21-19+,29-18?. The summed E-state index contributed by atoms with van der Waals surface area (Å²) in [5, 5.41) is 21.6. The van der Waals surface area contributed by atoms with Crippen molar-refractivity contribution in [1.82, 2.24) is 35.2 Å². The molecule has 0 aromatic carbocycles. The number of nitrogens with zero attached hydrogens (tertiary/aromatic N) is 5. The second-order valence-corrected chi connectivity index (χ2v) is 10.5. The fraction of sp³-hybridized carbons (Fsp3) is 0.536. The van der Waals surface area contributed by atoms with Crippen LogP contribution in [0.15, 0.2) is 30.6 Å². The van der Waals surface area contributed by atoms with Crippen molar-refractivity contribution in [3.63, 3.8) is 0 Å². The molecule has 0 atom stereocenters. The number of pyridine rings is 1. The van der Waals surface area contributed by atoms with Crippen molar-refractivity contribution in [2.45, 2.75) is 44.6 Å². The second-order valence-electron chi connectivity index (χ2n) is 10.5. The molecule has 4 rings (SSSR count). The minimum absolute atomic E-state index is 0.161. The molecule has 4 N–H and O–H groups in total. The summed E-state index contributed by atoms with van der Waals surface area (Å²) in [5.41, 5.74) is 1.93. The van der Waals surface area contributed by atoms with Crippen LogP contribution in [0.1, 0.15) is 71.2 Å². The van der Waals surface area contributed by atoms with Gasteiger partial charge in [-0.05, 0) is 51.9 Å². The summed E-state index contributed by atoms with van der Waals surface area (Å²) >= 11 is 0. The van der Waals surface area contributed by atoms with Gasteiger partial charge in [0.25, 0.3) is 11.8 Å².